The molecule has 2 aromatic rings. The Morgan fingerprint density at radius 3 is 2.52 bits per heavy atom. The van der Waals surface area contributed by atoms with Crippen molar-refractivity contribution < 1.29 is 17.9 Å². The quantitative estimate of drug-likeness (QED) is 0.651. The highest BCUT2D eigenvalue weighted by Gasteiger charge is 2.27. The number of carbonyl (C=O) groups is 1. The molecule has 29 heavy (non-hydrogen) atoms. The van der Waals surface area contributed by atoms with Gasteiger partial charge in [-0.25, -0.2) is 13.4 Å². The molecule has 0 spiro atoms. The number of anilines is 1. The summed E-state index contributed by atoms with van der Waals surface area (Å²) in [6.45, 7) is 2.38. The number of pyridine rings is 1. The van der Waals surface area contributed by atoms with Gasteiger partial charge in [-0.3, -0.25) is 4.79 Å². The molecule has 0 bridgehead atoms. The number of ether oxygens (including phenoxy) is 1. The summed E-state index contributed by atoms with van der Waals surface area (Å²) in [5, 5.41) is 2.76. The SMILES string of the molecule is COc1ccccc1C(=O)NCCCS(=O)(=O)N1CCN(c2ccccn2)CC1. The summed E-state index contributed by atoms with van der Waals surface area (Å²) in [5.74, 6) is 1.08. The van der Waals surface area contributed by atoms with E-state index in [9.17, 15) is 13.2 Å². The van der Waals surface area contributed by atoms with E-state index in [1.807, 2.05) is 18.2 Å². The highest BCUT2D eigenvalue weighted by atomic mass is 32.2. The molecular formula is C20H26N4O4S. The molecule has 1 aliphatic heterocycles. The van der Waals surface area contributed by atoms with Crippen LogP contribution in [0.1, 0.15) is 16.8 Å². The van der Waals surface area contributed by atoms with Crippen molar-refractivity contribution >= 4 is 21.7 Å². The molecule has 0 unspecified atom stereocenters. The van der Waals surface area contributed by atoms with E-state index >= 15 is 0 Å². The summed E-state index contributed by atoms with van der Waals surface area (Å²) >= 11 is 0. The first-order chi connectivity index (χ1) is 14.0. The van der Waals surface area contributed by atoms with Gasteiger partial charge in [0.1, 0.15) is 11.6 Å². The van der Waals surface area contributed by atoms with E-state index in [0.29, 0.717) is 43.9 Å². The Balaban J connectivity index is 1.44. The standard InChI is InChI=1S/C20H26N4O4S/c1-28-18-8-3-2-7-17(18)20(25)22-11-6-16-29(26,27)24-14-12-23(13-15-24)19-9-4-5-10-21-19/h2-5,7-10H,6,11-16H2,1H3,(H,22,25). The first-order valence-electron chi connectivity index (χ1n) is 9.56. The van der Waals surface area contributed by atoms with Crippen LogP contribution in [-0.4, -0.2) is 69.2 Å². The number of para-hydroxylation sites is 1. The minimum Gasteiger partial charge on any atom is -0.496 e. The Hall–Kier alpha value is -2.65. The minimum absolute atomic E-state index is 0.00277. The number of piperazine rings is 1. The van der Waals surface area contributed by atoms with Crippen LogP contribution in [0.5, 0.6) is 5.75 Å². The number of aromatic nitrogens is 1. The topological polar surface area (TPSA) is 91.8 Å². The molecule has 0 radical (unpaired) electrons. The predicted octanol–water partition coefficient (Wildman–Crippen LogP) is 1.36. The number of amides is 1. The smallest absolute Gasteiger partial charge is 0.255 e. The third-order valence-corrected chi connectivity index (χ3v) is 6.78. The second-order valence-electron chi connectivity index (χ2n) is 6.70. The molecule has 1 aromatic heterocycles. The highest BCUT2D eigenvalue weighted by molar-refractivity contribution is 7.89. The average molecular weight is 419 g/mol. The van der Waals surface area contributed by atoms with E-state index in [1.54, 1.807) is 30.5 Å². The molecule has 9 heteroatoms. The number of benzene rings is 1. The van der Waals surface area contributed by atoms with Crippen LogP contribution in [0, 0.1) is 0 Å². The maximum atomic E-state index is 12.6. The van der Waals surface area contributed by atoms with Crippen molar-refractivity contribution in [2.75, 3.05) is 50.5 Å². The van der Waals surface area contributed by atoms with Crippen LogP contribution in [0.3, 0.4) is 0 Å². The third-order valence-electron chi connectivity index (χ3n) is 4.82. The average Bonchev–Trinajstić information content (AvgIpc) is 2.77. The molecule has 0 aliphatic carbocycles. The third kappa shape index (κ3) is 5.45. The Morgan fingerprint density at radius 2 is 1.83 bits per heavy atom. The molecule has 1 aromatic carbocycles. The summed E-state index contributed by atoms with van der Waals surface area (Å²) in [5.41, 5.74) is 0.434. The van der Waals surface area contributed by atoms with Crippen LogP contribution in [0.4, 0.5) is 5.82 Å². The summed E-state index contributed by atoms with van der Waals surface area (Å²) in [6, 6.07) is 12.6. The zero-order chi connectivity index (χ0) is 20.7. The van der Waals surface area contributed by atoms with E-state index in [0.717, 1.165) is 5.82 Å². The lowest BCUT2D eigenvalue weighted by Gasteiger charge is -2.34. The summed E-state index contributed by atoms with van der Waals surface area (Å²) in [4.78, 5) is 18.7. The highest BCUT2D eigenvalue weighted by Crippen LogP contribution is 2.17. The van der Waals surface area contributed by atoms with E-state index in [-0.39, 0.29) is 18.2 Å². The van der Waals surface area contributed by atoms with E-state index in [2.05, 4.69) is 15.2 Å². The van der Waals surface area contributed by atoms with Gasteiger partial charge in [0.2, 0.25) is 10.0 Å². The Labute approximate surface area is 171 Å². The van der Waals surface area contributed by atoms with Crippen LogP contribution in [-0.2, 0) is 10.0 Å². The fraction of sp³-hybridized carbons (Fsp3) is 0.400. The number of methoxy groups -OCH3 is 1. The van der Waals surface area contributed by atoms with E-state index in [4.69, 9.17) is 4.74 Å². The molecule has 0 atom stereocenters. The maximum absolute atomic E-state index is 12.6. The summed E-state index contributed by atoms with van der Waals surface area (Å²) < 4.78 is 31.9. The number of nitrogens with zero attached hydrogens (tertiary/aromatic N) is 3. The van der Waals surface area contributed by atoms with Crippen molar-refractivity contribution in [3.63, 3.8) is 0 Å². The molecule has 1 fully saturated rings. The van der Waals surface area contributed by atoms with E-state index in [1.165, 1.54) is 11.4 Å². The first-order valence-corrected chi connectivity index (χ1v) is 11.2. The largest absolute Gasteiger partial charge is 0.496 e. The van der Waals surface area contributed by atoms with E-state index < -0.39 is 10.0 Å². The molecule has 0 saturated carbocycles. The fourth-order valence-electron chi connectivity index (χ4n) is 3.25. The second-order valence-corrected chi connectivity index (χ2v) is 8.79. The van der Waals surface area contributed by atoms with Crippen molar-refractivity contribution in [1.82, 2.24) is 14.6 Å². The number of carbonyl (C=O) groups excluding carboxylic acids is 1. The lowest BCUT2D eigenvalue weighted by atomic mass is 10.2. The van der Waals surface area contributed by atoms with Crippen LogP contribution in [0.25, 0.3) is 0 Å². The number of hydrogen-bond acceptors (Lipinski definition) is 6. The first kappa shape index (κ1) is 21.1. The molecule has 1 N–H and O–H groups in total. The van der Waals surface area contributed by atoms with Gasteiger partial charge in [-0.2, -0.15) is 4.31 Å². The van der Waals surface area contributed by atoms with Crippen molar-refractivity contribution in [1.29, 1.82) is 0 Å². The number of rotatable bonds is 8. The number of sulfonamides is 1. The minimum atomic E-state index is -3.35. The van der Waals surface area contributed by atoms with Crippen LogP contribution < -0.4 is 15.0 Å². The zero-order valence-electron chi connectivity index (χ0n) is 16.5. The molecule has 1 amide bonds. The molecule has 8 nitrogen and oxygen atoms in total. The lowest BCUT2D eigenvalue weighted by Crippen LogP contribution is -2.49. The molecule has 2 heterocycles. The molecule has 156 valence electrons. The van der Waals surface area contributed by atoms with Gasteiger partial charge in [0.25, 0.3) is 5.91 Å². The van der Waals surface area contributed by atoms with Gasteiger partial charge in [0.15, 0.2) is 0 Å². The van der Waals surface area contributed by atoms with Crippen molar-refractivity contribution in [3.8, 4) is 5.75 Å². The Bertz CT molecular complexity index is 913. The molecule has 1 aliphatic rings. The van der Waals surface area contributed by atoms with Crippen LogP contribution >= 0.6 is 0 Å². The Kier molecular flexibility index (Phi) is 7.05. The van der Waals surface area contributed by atoms with Crippen LogP contribution in [0.2, 0.25) is 0 Å². The van der Waals surface area contributed by atoms with Crippen LogP contribution in [0.15, 0.2) is 48.7 Å². The Morgan fingerprint density at radius 1 is 1.10 bits per heavy atom. The van der Waals surface area contributed by atoms with Gasteiger partial charge < -0.3 is 15.0 Å². The zero-order valence-corrected chi connectivity index (χ0v) is 17.3. The summed E-state index contributed by atoms with van der Waals surface area (Å²) in [7, 11) is -1.85. The van der Waals surface area contributed by atoms with Crippen molar-refractivity contribution in [2.24, 2.45) is 0 Å². The molecule has 3 rings (SSSR count). The number of hydrogen-bond donors (Lipinski definition) is 1. The molecule has 1 saturated heterocycles. The maximum Gasteiger partial charge on any atom is 0.255 e. The van der Waals surface area contributed by atoms with Gasteiger partial charge in [-0.05, 0) is 30.7 Å². The van der Waals surface area contributed by atoms with Gasteiger partial charge in [0.05, 0.1) is 18.4 Å². The predicted molar refractivity (Wildman–Crippen MR) is 112 cm³/mol. The van der Waals surface area contributed by atoms with Gasteiger partial charge >= 0.3 is 0 Å². The van der Waals surface area contributed by atoms with Crippen molar-refractivity contribution in [2.45, 2.75) is 6.42 Å². The lowest BCUT2D eigenvalue weighted by molar-refractivity contribution is 0.0950. The van der Waals surface area contributed by atoms with Gasteiger partial charge in [-0.15, -0.1) is 0 Å². The van der Waals surface area contributed by atoms with Gasteiger partial charge in [-0.1, -0.05) is 18.2 Å². The number of nitrogens with one attached hydrogen (secondary N) is 1. The second kappa shape index (κ2) is 9.71. The monoisotopic (exact) mass is 418 g/mol. The van der Waals surface area contributed by atoms with Gasteiger partial charge in [0, 0.05) is 38.9 Å². The summed E-state index contributed by atoms with van der Waals surface area (Å²) in [6.07, 6.45) is 2.08. The normalized spacial score (nSPS) is 15.1. The van der Waals surface area contributed by atoms with Crippen molar-refractivity contribution in [3.05, 3.63) is 54.2 Å². The fourth-order valence-corrected chi connectivity index (χ4v) is 4.74. The molecular weight excluding hydrogens is 392 g/mol.